The standard InChI is InChI=1S/C24H21N5O/c1-16-8-9-22-21(12-16)25-15-29(22)23-13-20(19-10-11-30-14-19)27-24(28-23)26-17(2)18-6-4-3-5-7-18/h3-15,17H,1-2H3,(H,26,27,28). The Bertz CT molecular complexity index is 1290. The normalized spacial score (nSPS) is 12.2. The van der Waals surface area contributed by atoms with E-state index in [1.807, 2.05) is 34.9 Å². The summed E-state index contributed by atoms with van der Waals surface area (Å²) in [5.74, 6) is 1.30. The molecule has 30 heavy (non-hydrogen) atoms. The second kappa shape index (κ2) is 7.48. The molecule has 0 bridgehead atoms. The minimum absolute atomic E-state index is 0.0563. The van der Waals surface area contributed by atoms with E-state index in [0.29, 0.717) is 5.95 Å². The molecule has 1 atom stereocenters. The molecule has 0 aliphatic rings. The number of anilines is 1. The number of hydrogen-bond donors (Lipinski definition) is 1. The summed E-state index contributed by atoms with van der Waals surface area (Å²) in [6.45, 7) is 4.16. The maximum atomic E-state index is 5.27. The van der Waals surface area contributed by atoms with Crippen LogP contribution in [0, 0.1) is 6.92 Å². The van der Waals surface area contributed by atoms with E-state index < -0.39 is 0 Å². The molecule has 6 nitrogen and oxygen atoms in total. The first kappa shape index (κ1) is 18.1. The second-order valence-electron chi connectivity index (χ2n) is 7.33. The van der Waals surface area contributed by atoms with Crippen molar-refractivity contribution < 1.29 is 4.42 Å². The van der Waals surface area contributed by atoms with Gasteiger partial charge in [-0.15, -0.1) is 0 Å². The van der Waals surface area contributed by atoms with Crippen LogP contribution >= 0.6 is 0 Å². The smallest absolute Gasteiger partial charge is 0.225 e. The fourth-order valence-electron chi connectivity index (χ4n) is 3.50. The van der Waals surface area contributed by atoms with Crippen molar-refractivity contribution in [3.8, 4) is 17.1 Å². The molecule has 1 N–H and O–H groups in total. The molecule has 3 heterocycles. The summed E-state index contributed by atoms with van der Waals surface area (Å²) < 4.78 is 7.26. The average molecular weight is 395 g/mol. The number of nitrogens with one attached hydrogen (secondary N) is 1. The van der Waals surface area contributed by atoms with Crippen LogP contribution in [0.15, 0.2) is 83.9 Å². The first-order valence-corrected chi connectivity index (χ1v) is 9.84. The minimum Gasteiger partial charge on any atom is -0.472 e. The zero-order chi connectivity index (χ0) is 20.5. The summed E-state index contributed by atoms with van der Waals surface area (Å²) in [7, 11) is 0. The monoisotopic (exact) mass is 395 g/mol. The van der Waals surface area contributed by atoms with Crippen LogP contribution in [0.25, 0.3) is 28.1 Å². The van der Waals surface area contributed by atoms with E-state index in [1.165, 1.54) is 11.1 Å². The number of benzene rings is 2. The number of fused-ring (bicyclic) bond motifs is 1. The fraction of sp³-hybridized carbons (Fsp3) is 0.125. The van der Waals surface area contributed by atoms with Crippen LogP contribution in [0.4, 0.5) is 5.95 Å². The molecule has 148 valence electrons. The van der Waals surface area contributed by atoms with E-state index in [1.54, 1.807) is 18.9 Å². The van der Waals surface area contributed by atoms with E-state index in [9.17, 15) is 0 Å². The summed E-state index contributed by atoms with van der Waals surface area (Å²) in [6.07, 6.45) is 5.13. The van der Waals surface area contributed by atoms with Crippen LogP contribution in [-0.2, 0) is 0 Å². The zero-order valence-corrected chi connectivity index (χ0v) is 16.8. The summed E-state index contributed by atoms with van der Waals surface area (Å²) >= 11 is 0. The highest BCUT2D eigenvalue weighted by molar-refractivity contribution is 5.78. The Hall–Kier alpha value is -3.93. The molecule has 0 radical (unpaired) electrons. The Morgan fingerprint density at radius 2 is 1.87 bits per heavy atom. The number of rotatable bonds is 5. The van der Waals surface area contributed by atoms with Gasteiger partial charge in [0.1, 0.15) is 12.1 Å². The van der Waals surface area contributed by atoms with Crippen LogP contribution in [-0.4, -0.2) is 19.5 Å². The Kier molecular flexibility index (Phi) is 4.52. The van der Waals surface area contributed by atoms with Crippen molar-refractivity contribution >= 4 is 17.0 Å². The lowest BCUT2D eigenvalue weighted by Crippen LogP contribution is -2.11. The van der Waals surface area contributed by atoms with E-state index in [4.69, 9.17) is 14.4 Å². The third kappa shape index (κ3) is 3.43. The van der Waals surface area contributed by atoms with Gasteiger partial charge in [-0.2, -0.15) is 4.98 Å². The summed E-state index contributed by atoms with van der Waals surface area (Å²) in [5, 5.41) is 3.43. The van der Waals surface area contributed by atoms with Gasteiger partial charge in [-0.3, -0.25) is 4.57 Å². The van der Waals surface area contributed by atoms with Crippen LogP contribution in [0.5, 0.6) is 0 Å². The fourth-order valence-corrected chi connectivity index (χ4v) is 3.50. The third-order valence-electron chi connectivity index (χ3n) is 5.12. The van der Waals surface area contributed by atoms with Crippen molar-refractivity contribution in [1.82, 2.24) is 19.5 Å². The summed E-state index contributed by atoms with van der Waals surface area (Å²) in [4.78, 5) is 14.1. The van der Waals surface area contributed by atoms with Crippen LogP contribution in [0.1, 0.15) is 24.1 Å². The molecule has 0 aliphatic carbocycles. The highest BCUT2D eigenvalue weighted by Gasteiger charge is 2.14. The Balaban J connectivity index is 1.60. The molecular weight excluding hydrogens is 374 g/mol. The number of aryl methyl sites for hydroxylation is 1. The first-order chi connectivity index (χ1) is 14.7. The van der Waals surface area contributed by atoms with Crippen molar-refractivity contribution in [2.24, 2.45) is 0 Å². The minimum atomic E-state index is 0.0563. The van der Waals surface area contributed by atoms with Gasteiger partial charge in [0, 0.05) is 11.6 Å². The lowest BCUT2D eigenvalue weighted by molar-refractivity contribution is 0.568. The molecule has 0 saturated carbocycles. The summed E-state index contributed by atoms with van der Waals surface area (Å²) in [5.41, 5.74) is 5.96. The molecule has 5 rings (SSSR count). The Labute approximate surface area is 174 Å². The third-order valence-corrected chi connectivity index (χ3v) is 5.12. The van der Waals surface area contributed by atoms with Crippen molar-refractivity contribution in [2.45, 2.75) is 19.9 Å². The molecule has 1 unspecified atom stereocenters. The molecule has 0 amide bonds. The number of nitrogens with zero attached hydrogens (tertiary/aromatic N) is 4. The quantitative estimate of drug-likeness (QED) is 0.422. The highest BCUT2D eigenvalue weighted by Crippen LogP contribution is 2.26. The maximum Gasteiger partial charge on any atom is 0.225 e. The van der Waals surface area contributed by atoms with E-state index >= 15 is 0 Å². The van der Waals surface area contributed by atoms with Crippen molar-refractivity contribution in [2.75, 3.05) is 5.32 Å². The first-order valence-electron chi connectivity index (χ1n) is 9.84. The van der Waals surface area contributed by atoms with Crippen molar-refractivity contribution in [3.63, 3.8) is 0 Å². The molecule has 3 aromatic heterocycles. The Morgan fingerprint density at radius 1 is 1.00 bits per heavy atom. The lowest BCUT2D eigenvalue weighted by atomic mass is 10.1. The molecule has 5 aromatic rings. The van der Waals surface area contributed by atoms with Gasteiger partial charge >= 0.3 is 0 Å². The van der Waals surface area contributed by atoms with Crippen molar-refractivity contribution in [1.29, 1.82) is 0 Å². The number of imidazole rings is 1. The average Bonchev–Trinajstić information content (AvgIpc) is 3.44. The van der Waals surface area contributed by atoms with Crippen molar-refractivity contribution in [3.05, 3.63) is 90.6 Å². The van der Waals surface area contributed by atoms with Crippen LogP contribution in [0.3, 0.4) is 0 Å². The SMILES string of the molecule is Cc1ccc2c(c1)ncn2-c1cc(-c2ccoc2)nc(NC(C)c2ccccc2)n1. The van der Waals surface area contributed by atoms with E-state index in [-0.39, 0.29) is 6.04 Å². The van der Waals surface area contributed by atoms with Gasteiger partial charge in [0.15, 0.2) is 0 Å². The molecule has 0 fully saturated rings. The molecule has 0 saturated heterocycles. The van der Waals surface area contributed by atoms with Crippen LogP contribution < -0.4 is 5.32 Å². The lowest BCUT2D eigenvalue weighted by Gasteiger charge is -2.16. The van der Waals surface area contributed by atoms with Crippen LogP contribution in [0.2, 0.25) is 0 Å². The van der Waals surface area contributed by atoms with Gasteiger partial charge in [0.05, 0.1) is 35.3 Å². The number of aromatic nitrogens is 4. The van der Waals surface area contributed by atoms with E-state index in [2.05, 4.69) is 54.5 Å². The molecule has 0 aliphatic heterocycles. The Morgan fingerprint density at radius 3 is 2.67 bits per heavy atom. The van der Waals surface area contributed by atoms with Gasteiger partial charge in [0.2, 0.25) is 5.95 Å². The predicted octanol–water partition coefficient (Wildman–Crippen LogP) is 5.56. The van der Waals surface area contributed by atoms with Gasteiger partial charge in [-0.05, 0) is 43.2 Å². The molecular formula is C24H21N5O. The summed E-state index contributed by atoms with van der Waals surface area (Å²) in [6, 6.07) is 20.4. The molecule has 2 aromatic carbocycles. The topological polar surface area (TPSA) is 68.8 Å². The van der Waals surface area contributed by atoms with Gasteiger partial charge in [0.25, 0.3) is 0 Å². The maximum absolute atomic E-state index is 5.27. The second-order valence-corrected chi connectivity index (χ2v) is 7.33. The highest BCUT2D eigenvalue weighted by atomic mass is 16.3. The molecule has 6 heteroatoms. The number of furan rings is 1. The zero-order valence-electron chi connectivity index (χ0n) is 16.8. The van der Waals surface area contributed by atoms with Gasteiger partial charge < -0.3 is 9.73 Å². The number of hydrogen-bond acceptors (Lipinski definition) is 5. The predicted molar refractivity (Wildman–Crippen MR) is 118 cm³/mol. The van der Waals surface area contributed by atoms with Gasteiger partial charge in [-0.25, -0.2) is 9.97 Å². The van der Waals surface area contributed by atoms with Gasteiger partial charge in [-0.1, -0.05) is 36.4 Å². The molecule has 0 spiro atoms. The largest absolute Gasteiger partial charge is 0.472 e. The van der Waals surface area contributed by atoms with E-state index in [0.717, 1.165) is 28.1 Å².